The molecule has 0 saturated carbocycles. The summed E-state index contributed by atoms with van der Waals surface area (Å²) in [5.41, 5.74) is 1.75. The summed E-state index contributed by atoms with van der Waals surface area (Å²) in [6.45, 7) is 3.48. The number of nitrogens with zero attached hydrogens (tertiary/aromatic N) is 2. The number of aryl methyl sites for hydroxylation is 1. The maximum Gasteiger partial charge on any atom is 0.247 e. The van der Waals surface area contributed by atoms with Crippen LogP contribution in [-0.2, 0) is 9.53 Å². The van der Waals surface area contributed by atoms with E-state index in [1.165, 1.54) is 11.9 Å². The molecule has 0 spiro atoms. The van der Waals surface area contributed by atoms with E-state index in [4.69, 9.17) is 21.1 Å². The number of halogens is 2. The van der Waals surface area contributed by atoms with Crippen LogP contribution in [0.4, 0.5) is 0 Å². The number of carbonyl (C=O) groups is 1. The van der Waals surface area contributed by atoms with Crippen LogP contribution in [0.25, 0.3) is 0 Å². The second kappa shape index (κ2) is 7.45. The van der Waals surface area contributed by atoms with Crippen LogP contribution in [0.2, 0.25) is 5.02 Å². The van der Waals surface area contributed by atoms with Gasteiger partial charge in [-0.25, -0.2) is 0 Å². The van der Waals surface area contributed by atoms with Crippen molar-refractivity contribution >= 4 is 39.3 Å². The highest BCUT2D eigenvalue weighted by molar-refractivity contribution is 9.10. The predicted molar refractivity (Wildman–Crippen MR) is 99.6 cm³/mol. The van der Waals surface area contributed by atoms with E-state index in [9.17, 15) is 4.79 Å². The Morgan fingerprint density at radius 2 is 2.04 bits per heavy atom. The van der Waals surface area contributed by atoms with E-state index >= 15 is 0 Å². The molecule has 7 heteroatoms. The summed E-state index contributed by atoms with van der Waals surface area (Å²) >= 11 is 9.34. The summed E-state index contributed by atoms with van der Waals surface area (Å²) in [6, 6.07) is 12.9. The molecule has 0 aliphatic carbocycles. The second-order valence-corrected chi connectivity index (χ2v) is 6.93. The van der Waals surface area contributed by atoms with Gasteiger partial charge in [0.25, 0.3) is 0 Å². The minimum Gasteiger partial charge on any atom is -0.484 e. The van der Waals surface area contributed by atoms with E-state index in [-0.39, 0.29) is 12.5 Å². The Morgan fingerprint density at radius 1 is 1.32 bits per heavy atom. The number of hydrogen-bond acceptors (Lipinski definition) is 4. The number of hydrazone groups is 1. The van der Waals surface area contributed by atoms with Crippen molar-refractivity contribution in [3.63, 3.8) is 0 Å². The first-order valence-electron chi connectivity index (χ1n) is 7.62. The number of carbonyl (C=O) groups excluding carboxylic acids is 1. The summed E-state index contributed by atoms with van der Waals surface area (Å²) in [5, 5.41) is 6.21. The molecule has 2 aromatic carbocycles. The van der Waals surface area contributed by atoms with Crippen LogP contribution in [0, 0.1) is 6.92 Å². The fourth-order valence-corrected chi connectivity index (χ4v) is 2.92. The van der Waals surface area contributed by atoms with Crippen LogP contribution < -0.4 is 4.74 Å². The smallest absolute Gasteiger partial charge is 0.247 e. The normalized spacial score (nSPS) is 16.4. The van der Waals surface area contributed by atoms with Crippen molar-refractivity contribution in [3.8, 4) is 5.75 Å². The second-order valence-electron chi connectivity index (χ2n) is 5.58. The molecule has 0 bridgehead atoms. The molecule has 3 rings (SSSR count). The molecular weight excluding hydrogens is 408 g/mol. The third-order valence-electron chi connectivity index (χ3n) is 3.65. The molecule has 2 aromatic rings. The molecule has 0 saturated heterocycles. The number of benzene rings is 2. The first kappa shape index (κ1) is 17.8. The fraction of sp³-hybridized carbons (Fsp3) is 0.222. The van der Waals surface area contributed by atoms with Crippen LogP contribution in [0.15, 0.2) is 52.0 Å². The van der Waals surface area contributed by atoms with Crippen molar-refractivity contribution in [1.82, 2.24) is 5.01 Å². The van der Waals surface area contributed by atoms with Gasteiger partial charge in [0, 0.05) is 22.0 Å². The first-order chi connectivity index (χ1) is 11.9. The van der Waals surface area contributed by atoms with Gasteiger partial charge in [-0.15, -0.1) is 5.10 Å². The Bertz CT molecular complexity index is 824. The van der Waals surface area contributed by atoms with Crippen molar-refractivity contribution < 1.29 is 14.3 Å². The van der Waals surface area contributed by atoms with Crippen LogP contribution in [0.3, 0.4) is 0 Å². The SMILES string of the molecule is CC(=O)N1N=C(COc2ccc(Cl)cc2C)O[C@H]1c1ccc(Br)cc1. The molecule has 0 fully saturated rings. The van der Waals surface area contributed by atoms with Gasteiger partial charge in [0.15, 0.2) is 6.61 Å². The predicted octanol–water partition coefficient (Wildman–Crippen LogP) is 4.68. The van der Waals surface area contributed by atoms with E-state index < -0.39 is 6.23 Å². The van der Waals surface area contributed by atoms with Crippen LogP contribution in [0.1, 0.15) is 24.3 Å². The maximum absolute atomic E-state index is 11.9. The molecule has 0 radical (unpaired) electrons. The average Bonchev–Trinajstić information content (AvgIpc) is 2.99. The molecule has 0 unspecified atom stereocenters. The Labute approximate surface area is 159 Å². The van der Waals surface area contributed by atoms with E-state index in [0.29, 0.717) is 16.7 Å². The topological polar surface area (TPSA) is 51.1 Å². The van der Waals surface area contributed by atoms with Gasteiger partial charge in [-0.2, -0.15) is 5.01 Å². The summed E-state index contributed by atoms with van der Waals surface area (Å²) in [6.07, 6.45) is -0.587. The molecule has 5 nitrogen and oxygen atoms in total. The third kappa shape index (κ3) is 4.14. The highest BCUT2D eigenvalue weighted by Gasteiger charge is 2.32. The molecule has 1 heterocycles. The Morgan fingerprint density at radius 3 is 2.68 bits per heavy atom. The molecule has 25 heavy (non-hydrogen) atoms. The van der Waals surface area contributed by atoms with Gasteiger partial charge < -0.3 is 9.47 Å². The Balaban J connectivity index is 1.73. The van der Waals surface area contributed by atoms with E-state index in [0.717, 1.165) is 15.6 Å². The molecule has 0 aromatic heterocycles. The maximum atomic E-state index is 11.9. The quantitative estimate of drug-likeness (QED) is 0.717. The summed E-state index contributed by atoms with van der Waals surface area (Å²) in [7, 11) is 0. The summed E-state index contributed by atoms with van der Waals surface area (Å²) < 4.78 is 12.5. The zero-order valence-corrected chi connectivity index (χ0v) is 16.0. The minimum atomic E-state index is -0.587. The van der Waals surface area contributed by atoms with Gasteiger partial charge in [0.2, 0.25) is 18.0 Å². The lowest BCUT2D eigenvalue weighted by molar-refractivity contribution is -0.135. The van der Waals surface area contributed by atoms with Crippen molar-refractivity contribution in [1.29, 1.82) is 0 Å². The monoisotopic (exact) mass is 422 g/mol. The van der Waals surface area contributed by atoms with Crippen molar-refractivity contribution in [2.45, 2.75) is 20.1 Å². The minimum absolute atomic E-state index is 0.124. The first-order valence-corrected chi connectivity index (χ1v) is 8.79. The van der Waals surface area contributed by atoms with E-state index in [1.54, 1.807) is 12.1 Å². The molecule has 1 amide bonds. The Kier molecular flexibility index (Phi) is 5.30. The largest absolute Gasteiger partial charge is 0.484 e. The molecule has 1 atom stereocenters. The lowest BCUT2D eigenvalue weighted by Gasteiger charge is -2.19. The number of ether oxygens (including phenoxy) is 2. The van der Waals surface area contributed by atoms with Crippen molar-refractivity contribution in [3.05, 3.63) is 63.1 Å². The third-order valence-corrected chi connectivity index (χ3v) is 4.42. The Hall–Kier alpha value is -2.05. The van der Waals surface area contributed by atoms with Crippen molar-refractivity contribution in [2.75, 3.05) is 6.61 Å². The average molecular weight is 424 g/mol. The van der Waals surface area contributed by atoms with Gasteiger partial charge in [0.1, 0.15) is 5.75 Å². The van der Waals surface area contributed by atoms with Crippen LogP contribution in [-0.4, -0.2) is 23.4 Å². The highest BCUT2D eigenvalue weighted by atomic mass is 79.9. The molecule has 1 aliphatic heterocycles. The lowest BCUT2D eigenvalue weighted by atomic mass is 10.2. The van der Waals surface area contributed by atoms with E-state index in [1.807, 2.05) is 37.3 Å². The van der Waals surface area contributed by atoms with Gasteiger partial charge in [-0.05, 0) is 42.8 Å². The number of hydrogen-bond donors (Lipinski definition) is 0. The van der Waals surface area contributed by atoms with Gasteiger partial charge >= 0.3 is 0 Å². The zero-order chi connectivity index (χ0) is 18.0. The molecule has 0 N–H and O–H groups in total. The summed E-state index contributed by atoms with van der Waals surface area (Å²) in [5.74, 6) is 0.834. The lowest BCUT2D eigenvalue weighted by Crippen LogP contribution is -2.25. The van der Waals surface area contributed by atoms with Crippen molar-refractivity contribution in [2.24, 2.45) is 5.10 Å². The molecular formula is C18H16BrClN2O3. The highest BCUT2D eigenvalue weighted by Crippen LogP contribution is 2.30. The number of amides is 1. The fourth-order valence-electron chi connectivity index (χ4n) is 2.42. The zero-order valence-electron chi connectivity index (χ0n) is 13.7. The molecule has 1 aliphatic rings. The summed E-state index contributed by atoms with van der Waals surface area (Å²) in [4.78, 5) is 11.9. The van der Waals surface area contributed by atoms with Gasteiger partial charge in [-0.1, -0.05) is 39.7 Å². The van der Waals surface area contributed by atoms with Crippen LogP contribution >= 0.6 is 27.5 Å². The van der Waals surface area contributed by atoms with Crippen LogP contribution in [0.5, 0.6) is 5.75 Å². The van der Waals surface area contributed by atoms with E-state index in [2.05, 4.69) is 21.0 Å². The number of rotatable bonds is 4. The van der Waals surface area contributed by atoms with Gasteiger partial charge in [-0.3, -0.25) is 4.79 Å². The van der Waals surface area contributed by atoms with Gasteiger partial charge in [0.05, 0.1) is 0 Å². The molecule has 130 valence electrons. The standard InChI is InChI=1S/C18H16BrClN2O3/c1-11-9-15(20)7-8-16(11)24-10-17-21-22(12(2)23)18(25-17)13-3-5-14(19)6-4-13/h3-9,18H,10H2,1-2H3/t18-/m0/s1.